The Hall–Kier alpha value is -1.55. The summed E-state index contributed by atoms with van der Waals surface area (Å²) >= 11 is 5.69. The second kappa shape index (κ2) is 3.06. The lowest BCUT2D eigenvalue weighted by molar-refractivity contribution is 0.447. The average Bonchev–Trinajstić information content (AvgIpc) is 2.52. The molecule has 1 N–H and O–H groups in total. The quantitative estimate of drug-likeness (QED) is 0.704. The SMILES string of the molecule is Oc1ccn(-c2cccc(Cl)n2)n1. The van der Waals surface area contributed by atoms with Gasteiger partial charge in [-0.25, -0.2) is 9.67 Å². The number of aromatic nitrogens is 3. The van der Waals surface area contributed by atoms with Gasteiger partial charge >= 0.3 is 0 Å². The first-order valence-electron chi connectivity index (χ1n) is 3.63. The number of aromatic hydroxyl groups is 1. The first-order chi connectivity index (χ1) is 6.25. The lowest BCUT2D eigenvalue weighted by Crippen LogP contribution is -1.96. The minimum absolute atomic E-state index is 0.0400. The predicted octanol–water partition coefficient (Wildman–Crippen LogP) is 1.63. The zero-order valence-electron chi connectivity index (χ0n) is 6.55. The van der Waals surface area contributed by atoms with E-state index in [0.717, 1.165) is 0 Å². The molecule has 0 aliphatic carbocycles. The number of rotatable bonds is 1. The first-order valence-corrected chi connectivity index (χ1v) is 4.01. The fourth-order valence-electron chi connectivity index (χ4n) is 0.967. The fourth-order valence-corrected chi connectivity index (χ4v) is 1.13. The summed E-state index contributed by atoms with van der Waals surface area (Å²) < 4.78 is 1.45. The van der Waals surface area contributed by atoms with Gasteiger partial charge in [0.25, 0.3) is 0 Å². The molecule has 2 aromatic rings. The van der Waals surface area contributed by atoms with Gasteiger partial charge in [-0.2, -0.15) is 0 Å². The zero-order chi connectivity index (χ0) is 9.26. The van der Waals surface area contributed by atoms with Crippen molar-refractivity contribution in [3.05, 3.63) is 35.6 Å². The van der Waals surface area contributed by atoms with Crippen molar-refractivity contribution in [2.75, 3.05) is 0 Å². The van der Waals surface area contributed by atoms with Crippen LogP contribution in [0.5, 0.6) is 5.88 Å². The molecular weight excluding hydrogens is 190 g/mol. The minimum Gasteiger partial charge on any atom is -0.492 e. The first kappa shape index (κ1) is 8.07. The molecule has 0 spiro atoms. The highest BCUT2D eigenvalue weighted by atomic mass is 35.5. The average molecular weight is 196 g/mol. The van der Waals surface area contributed by atoms with E-state index in [1.807, 2.05) is 0 Å². The van der Waals surface area contributed by atoms with E-state index in [2.05, 4.69) is 10.1 Å². The van der Waals surface area contributed by atoms with Crippen LogP contribution in [0.1, 0.15) is 0 Å². The van der Waals surface area contributed by atoms with Gasteiger partial charge in [-0.05, 0) is 12.1 Å². The molecule has 0 fully saturated rings. The molecule has 0 aliphatic rings. The molecule has 2 aromatic heterocycles. The van der Waals surface area contributed by atoms with Crippen molar-refractivity contribution in [2.45, 2.75) is 0 Å². The van der Waals surface area contributed by atoms with E-state index in [9.17, 15) is 0 Å². The maximum absolute atomic E-state index is 8.99. The molecule has 13 heavy (non-hydrogen) atoms. The lowest BCUT2D eigenvalue weighted by atomic mass is 10.5. The number of nitrogens with zero attached hydrogens (tertiary/aromatic N) is 3. The van der Waals surface area contributed by atoms with E-state index in [0.29, 0.717) is 11.0 Å². The van der Waals surface area contributed by atoms with Crippen molar-refractivity contribution in [1.82, 2.24) is 14.8 Å². The molecule has 4 nitrogen and oxygen atoms in total. The monoisotopic (exact) mass is 195 g/mol. The van der Waals surface area contributed by atoms with Gasteiger partial charge in [0, 0.05) is 12.3 Å². The predicted molar refractivity (Wildman–Crippen MR) is 48.0 cm³/mol. The third-order valence-corrected chi connectivity index (χ3v) is 1.72. The summed E-state index contributed by atoms with van der Waals surface area (Å²) in [4.78, 5) is 4.01. The van der Waals surface area contributed by atoms with Crippen molar-refractivity contribution in [3.63, 3.8) is 0 Å². The summed E-state index contributed by atoms with van der Waals surface area (Å²) in [5, 5.41) is 13.2. The highest BCUT2D eigenvalue weighted by molar-refractivity contribution is 6.29. The van der Waals surface area contributed by atoms with Crippen LogP contribution in [0.3, 0.4) is 0 Å². The van der Waals surface area contributed by atoms with E-state index in [1.54, 1.807) is 24.4 Å². The summed E-state index contributed by atoms with van der Waals surface area (Å²) in [6.07, 6.45) is 1.61. The summed E-state index contributed by atoms with van der Waals surface area (Å²) in [5.41, 5.74) is 0. The van der Waals surface area contributed by atoms with Crippen LogP contribution in [-0.4, -0.2) is 19.9 Å². The molecule has 0 saturated heterocycles. The van der Waals surface area contributed by atoms with Crippen LogP contribution in [0.15, 0.2) is 30.5 Å². The van der Waals surface area contributed by atoms with E-state index < -0.39 is 0 Å². The highest BCUT2D eigenvalue weighted by Crippen LogP contribution is 2.11. The lowest BCUT2D eigenvalue weighted by Gasteiger charge is -1.98. The Bertz CT molecular complexity index is 427. The van der Waals surface area contributed by atoms with Crippen molar-refractivity contribution in [2.24, 2.45) is 0 Å². The Morgan fingerprint density at radius 1 is 1.31 bits per heavy atom. The van der Waals surface area contributed by atoms with Crippen LogP contribution in [0.2, 0.25) is 5.15 Å². The van der Waals surface area contributed by atoms with E-state index >= 15 is 0 Å². The number of halogens is 1. The van der Waals surface area contributed by atoms with Crippen molar-refractivity contribution < 1.29 is 5.11 Å². The van der Waals surface area contributed by atoms with Gasteiger partial charge in [-0.1, -0.05) is 17.7 Å². The van der Waals surface area contributed by atoms with Crippen LogP contribution >= 0.6 is 11.6 Å². The Balaban J connectivity index is 2.46. The number of pyridine rings is 1. The highest BCUT2D eigenvalue weighted by Gasteiger charge is 2.00. The van der Waals surface area contributed by atoms with Gasteiger partial charge in [0.05, 0.1) is 0 Å². The van der Waals surface area contributed by atoms with Gasteiger partial charge in [-0.15, -0.1) is 5.10 Å². The molecule has 0 atom stereocenters. The molecule has 66 valence electrons. The summed E-state index contributed by atoms with van der Waals surface area (Å²) in [6.45, 7) is 0. The van der Waals surface area contributed by atoms with Crippen LogP contribution in [0, 0.1) is 0 Å². The third-order valence-electron chi connectivity index (χ3n) is 1.51. The molecule has 0 bridgehead atoms. The second-order valence-electron chi connectivity index (χ2n) is 2.44. The van der Waals surface area contributed by atoms with Crippen LogP contribution < -0.4 is 0 Å². The molecule has 0 saturated carbocycles. The fraction of sp³-hybridized carbons (Fsp3) is 0. The molecule has 2 heterocycles. The maximum atomic E-state index is 8.99. The van der Waals surface area contributed by atoms with Gasteiger partial charge in [-0.3, -0.25) is 0 Å². The molecule has 0 amide bonds. The van der Waals surface area contributed by atoms with Crippen LogP contribution in [0.4, 0.5) is 0 Å². The third kappa shape index (κ3) is 1.62. The van der Waals surface area contributed by atoms with E-state index in [1.165, 1.54) is 10.7 Å². The Kier molecular flexibility index (Phi) is 1.90. The van der Waals surface area contributed by atoms with Crippen molar-refractivity contribution in [1.29, 1.82) is 0 Å². The molecule has 2 rings (SSSR count). The van der Waals surface area contributed by atoms with Gasteiger partial charge in [0.2, 0.25) is 5.88 Å². The Morgan fingerprint density at radius 2 is 2.15 bits per heavy atom. The molecule has 0 radical (unpaired) electrons. The summed E-state index contributed by atoms with van der Waals surface area (Å²) in [7, 11) is 0. The summed E-state index contributed by atoms with van der Waals surface area (Å²) in [5.74, 6) is 0.537. The smallest absolute Gasteiger partial charge is 0.230 e. The number of hydrogen-bond acceptors (Lipinski definition) is 3. The molecule has 0 aliphatic heterocycles. The second-order valence-corrected chi connectivity index (χ2v) is 2.82. The summed E-state index contributed by atoms with van der Waals surface area (Å²) in [6, 6.07) is 6.67. The zero-order valence-corrected chi connectivity index (χ0v) is 7.31. The Morgan fingerprint density at radius 3 is 2.77 bits per heavy atom. The van der Waals surface area contributed by atoms with Gasteiger partial charge in [0.1, 0.15) is 5.15 Å². The van der Waals surface area contributed by atoms with Crippen LogP contribution in [-0.2, 0) is 0 Å². The molecule has 0 aromatic carbocycles. The molecule has 5 heteroatoms. The largest absolute Gasteiger partial charge is 0.492 e. The number of hydrogen-bond donors (Lipinski definition) is 1. The normalized spacial score (nSPS) is 10.2. The molecule has 0 unspecified atom stereocenters. The van der Waals surface area contributed by atoms with Gasteiger partial charge in [0.15, 0.2) is 5.82 Å². The Labute approximate surface area is 79.4 Å². The van der Waals surface area contributed by atoms with Crippen LogP contribution in [0.25, 0.3) is 5.82 Å². The van der Waals surface area contributed by atoms with Gasteiger partial charge < -0.3 is 5.11 Å². The topological polar surface area (TPSA) is 50.9 Å². The minimum atomic E-state index is -0.0400. The van der Waals surface area contributed by atoms with E-state index in [-0.39, 0.29) is 5.88 Å². The standard InChI is InChI=1S/C8H6ClN3O/c9-6-2-1-3-7(10-6)12-5-4-8(13)11-12/h1-5H,(H,11,13). The maximum Gasteiger partial charge on any atom is 0.230 e. The van der Waals surface area contributed by atoms with E-state index in [4.69, 9.17) is 16.7 Å². The van der Waals surface area contributed by atoms with Crippen molar-refractivity contribution >= 4 is 11.6 Å². The molecular formula is C8H6ClN3O. The van der Waals surface area contributed by atoms with Crippen molar-refractivity contribution in [3.8, 4) is 11.7 Å².